The molecule has 0 aliphatic heterocycles. The smallest absolute Gasteiger partial charge is 0.188 e. The normalized spacial score (nSPS) is 12.7. The highest BCUT2D eigenvalue weighted by Crippen LogP contribution is 2.32. The van der Waals surface area contributed by atoms with Crippen molar-refractivity contribution in [1.29, 1.82) is 0 Å². The summed E-state index contributed by atoms with van der Waals surface area (Å²) in [6.07, 6.45) is 0.524. The number of aromatic amines is 1. The zero-order valence-corrected chi connectivity index (χ0v) is 9.33. The van der Waals surface area contributed by atoms with Gasteiger partial charge in [0.1, 0.15) is 12.1 Å². The van der Waals surface area contributed by atoms with E-state index in [1.165, 1.54) is 31.1 Å². The van der Waals surface area contributed by atoms with E-state index in [-0.39, 0.29) is 5.56 Å². The Hall–Kier alpha value is -1.40. The summed E-state index contributed by atoms with van der Waals surface area (Å²) in [5.41, 5.74) is 0.281. The van der Waals surface area contributed by atoms with Crippen molar-refractivity contribution in [3.8, 4) is 0 Å². The van der Waals surface area contributed by atoms with Crippen LogP contribution >= 0.6 is 11.8 Å². The second kappa shape index (κ2) is 4.63. The summed E-state index contributed by atoms with van der Waals surface area (Å²) in [5, 5.41) is 16.4. The van der Waals surface area contributed by atoms with Crippen LogP contribution in [0.3, 0.4) is 0 Å². The van der Waals surface area contributed by atoms with E-state index in [1.54, 1.807) is 12.1 Å². The number of rotatable bonds is 3. The number of hydrogen-bond acceptors (Lipinski definition) is 4. The highest BCUT2D eigenvalue weighted by molar-refractivity contribution is 7.99. The number of aliphatic hydroxyl groups is 1. The van der Waals surface area contributed by atoms with Crippen LogP contribution in [0.5, 0.6) is 0 Å². The fraction of sp³-hybridized carbons (Fsp3) is 0.200. The van der Waals surface area contributed by atoms with Crippen LogP contribution in [0.2, 0.25) is 0 Å². The molecule has 0 saturated heterocycles. The fourth-order valence-corrected chi connectivity index (χ4v) is 2.29. The van der Waals surface area contributed by atoms with E-state index in [2.05, 4.69) is 15.2 Å². The molecule has 0 spiro atoms. The van der Waals surface area contributed by atoms with Crippen LogP contribution in [-0.2, 0) is 0 Å². The molecule has 1 heterocycles. The lowest BCUT2D eigenvalue weighted by molar-refractivity contribution is 0.191. The van der Waals surface area contributed by atoms with Gasteiger partial charge in [-0.05, 0) is 30.8 Å². The lowest BCUT2D eigenvalue weighted by Crippen LogP contribution is -1.98. The maximum Gasteiger partial charge on any atom is 0.188 e. The van der Waals surface area contributed by atoms with Crippen LogP contribution in [0.4, 0.5) is 4.39 Å². The van der Waals surface area contributed by atoms with E-state index in [4.69, 9.17) is 0 Å². The number of halogens is 1. The summed E-state index contributed by atoms with van der Waals surface area (Å²) < 4.78 is 13.5. The first kappa shape index (κ1) is 11.1. The average Bonchev–Trinajstić information content (AvgIpc) is 2.70. The lowest BCUT2D eigenvalue weighted by Gasteiger charge is -2.11. The van der Waals surface area contributed by atoms with Gasteiger partial charge >= 0.3 is 0 Å². The summed E-state index contributed by atoms with van der Waals surface area (Å²) in [4.78, 5) is 4.57. The van der Waals surface area contributed by atoms with Crippen LogP contribution < -0.4 is 0 Å². The van der Waals surface area contributed by atoms with Crippen LogP contribution in [0.1, 0.15) is 18.6 Å². The van der Waals surface area contributed by atoms with Crippen molar-refractivity contribution in [2.75, 3.05) is 0 Å². The quantitative estimate of drug-likeness (QED) is 0.861. The molecule has 0 radical (unpaired) electrons. The first-order chi connectivity index (χ1) is 7.68. The molecule has 0 amide bonds. The molecule has 2 rings (SSSR count). The van der Waals surface area contributed by atoms with Crippen molar-refractivity contribution in [3.05, 3.63) is 35.9 Å². The Morgan fingerprint density at radius 2 is 2.31 bits per heavy atom. The van der Waals surface area contributed by atoms with Gasteiger partial charge in [-0.3, -0.25) is 5.10 Å². The SMILES string of the molecule is CC(O)c1c(F)cccc1Sc1ncn[nH]1. The second-order valence-electron chi connectivity index (χ2n) is 3.22. The minimum Gasteiger partial charge on any atom is -0.389 e. The van der Waals surface area contributed by atoms with Gasteiger partial charge in [0.15, 0.2) is 5.16 Å². The molecule has 2 N–H and O–H groups in total. The lowest BCUT2D eigenvalue weighted by atomic mass is 10.1. The third kappa shape index (κ3) is 2.23. The van der Waals surface area contributed by atoms with E-state index in [0.29, 0.717) is 10.1 Å². The van der Waals surface area contributed by atoms with Crippen molar-refractivity contribution in [2.45, 2.75) is 23.1 Å². The largest absolute Gasteiger partial charge is 0.389 e. The third-order valence-corrected chi connectivity index (χ3v) is 3.00. The summed E-state index contributed by atoms with van der Waals surface area (Å²) >= 11 is 1.23. The minimum atomic E-state index is -0.855. The molecular weight excluding hydrogens is 229 g/mol. The number of nitrogens with zero attached hydrogens (tertiary/aromatic N) is 2. The standard InChI is InChI=1S/C10H10FN3OS/c1-6(15)9-7(11)3-2-4-8(9)16-10-12-5-13-14-10/h2-6,15H,1H3,(H,12,13,14). The molecule has 4 nitrogen and oxygen atoms in total. The Balaban J connectivity index is 2.37. The molecule has 0 aliphatic carbocycles. The Kier molecular flexibility index (Phi) is 3.21. The Labute approximate surface area is 95.9 Å². The van der Waals surface area contributed by atoms with Crippen molar-refractivity contribution < 1.29 is 9.50 Å². The summed E-state index contributed by atoms with van der Waals surface area (Å²) in [6.45, 7) is 1.53. The van der Waals surface area contributed by atoms with Gasteiger partial charge in [-0.2, -0.15) is 5.10 Å². The molecule has 0 bridgehead atoms. The van der Waals surface area contributed by atoms with Gasteiger partial charge in [-0.1, -0.05) is 6.07 Å². The summed E-state index contributed by atoms with van der Waals surface area (Å²) in [7, 11) is 0. The van der Waals surface area contributed by atoms with Gasteiger partial charge in [-0.25, -0.2) is 9.37 Å². The molecule has 0 saturated carbocycles. The molecule has 2 aromatic rings. The number of H-pyrrole nitrogens is 1. The topological polar surface area (TPSA) is 61.8 Å². The molecule has 1 aromatic heterocycles. The van der Waals surface area contributed by atoms with E-state index in [0.717, 1.165) is 0 Å². The summed E-state index contributed by atoms with van der Waals surface area (Å²) in [5.74, 6) is -0.417. The number of benzene rings is 1. The minimum absolute atomic E-state index is 0.281. The molecule has 84 valence electrons. The molecular formula is C10H10FN3OS. The van der Waals surface area contributed by atoms with Crippen molar-refractivity contribution in [2.24, 2.45) is 0 Å². The second-order valence-corrected chi connectivity index (χ2v) is 4.25. The Bertz CT molecular complexity index is 473. The monoisotopic (exact) mass is 239 g/mol. The van der Waals surface area contributed by atoms with Crippen molar-refractivity contribution in [1.82, 2.24) is 15.2 Å². The van der Waals surface area contributed by atoms with Gasteiger partial charge in [0.05, 0.1) is 6.10 Å². The van der Waals surface area contributed by atoms with E-state index in [1.807, 2.05) is 0 Å². The maximum absolute atomic E-state index is 13.5. The molecule has 6 heteroatoms. The Morgan fingerprint density at radius 3 is 2.94 bits per heavy atom. The fourth-order valence-electron chi connectivity index (χ4n) is 1.36. The van der Waals surface area contributed by atoms with Crippen LogP contribution in [0, 0.1) is 5.82 Å². The maximum atomic E-state index is 13.5. The molecule has 1 atom stereocenters. The Morgan fingerprint density at radius 1 is 1.50 bits per heavy atom. The van der Waals surface area contributed by atoms with E-state index < -0.39 is 11.9 Å². The van der Waals surface area contributed by atoms with Gasteiger partial charge < -0.3 is 5.11 Å². The van der Waals surface area contributed by atoms with Crippen LogP contribution in [0.25, 0.3) is 0 Å². The zero-order valence-electron chi connectivity index (χ0n) is 8.51. The zero-order chi connectivity index (χ0) is 11.5. The number of aliphatic hydroxyl groups excluding tert-OH is 1. The first-order valence-corrected chi connectivity index (χ1v) is 5.50. The van der Waals surface area contributed by atoms with Crippen molar-refractivity contribution in [3.63, 3.8) is 0 Å². The van der Waals surface area contributed by atoms with E-state index >= 15 is 0 Å². The molecule has 16 heavy (non-hydrogen) atoms. The first-order valence-electron chi connectivity index (χ1n) is 4.68. The predicted molar refractivity (Wildman–Crippen MR) is 57.5 cm³/mol. The van der Waals surface area contributed by atoms with Crippen molar-refractivity contribution >= 4 is 11.8 Å². The van der Waals surface area contributed by atoms with Gasteiger partial charge in [-0.15, -0.1) is 0 Å². The number of nitrogens with one attached hydrogen (secondary N) is 1. The number of aromatic nitrogens is 3. The molecule has 1 aromatic carbocycles. The molecule has 1 unspecified atom stereocenters. The van der Waals surface area contributed by atoms with E-state index in [9.17, 15) is 9.50 Å². The van der Waals surface area contributed by atoms with Gasteiger partial charge in [0, 0.05) is 10.5 Å². The molecule has 0 fully saturated rings. The molecule has 0 aliphatic rings. The average molecular weight is 239 g/mol. The van der Waals surface area contributed by atoms with Gasteiger partial charge in [0.2, 0.25) is 0 Å². The van der Waals surface area contributed by atoms with Crippen LogP contribution in [-0.4, -0.2) is 20.3 Å². The predicted octanol–water partition coefficient (Wildman–Crippen LogP) is 2.15. The third-order valence-electron chi connectivity index (χ3n) is 2.03. The number of hydrogen-bond donors (Lipinski definition) is 2. The summed E-state index contributed by atoms with van der Waals surface area (Å²) in [6, 6.07) is 4.66. The van der Waals surface area contributed by atoms with Crippen LogP contribution in [0.15, 0.2) is 34.6 Å². The highest BCUT2D eigenvalue weighted by atomic mass is 32.2. The van der Waals surface area contributed by atoms with Gasteiger partial charge in [0.25, 0.3) is 0 Å². The highest BCUT2D eigenvalue weighted by Gasteiger charge is 2.14.